The third kappa shape index (κ3) is 16.2. The highest BCUT2D eigenvalue weighted by atomic mass is 16.5. The van der Waals surface area contributed by atoms with E-state index in [2.05, 4.69) is 5.32 Å². The second-order valence-electron chi connectivity index (χ2n) is 6.16. The Bertz CT molecular complexity index is 336. The Kier molecular flexibility index (Phi) is 17.1. The zero-order valence-corrected chi connectivity index (χ0v) is 16.1. The fourth-order valence-electron chi connectivity index (χ4n) is 2.53. The van der Waals surface area contributed by atoms with Crippen LogP contribution in [0.15, 0.2) is 0 Å². The number of Topliss-reactive ketones (excluding diaryl/α,β-unsaturated/α-hetero) is 1. The van der Waals surface area contributed by atoms with Gasteiger partial charge in [0.1, 0.15) is 5.78 Å². The first-order chi connectivity index (χ1) is 12.1. The van der Waals surface area contributed by atoms with E-state index in [1.165, 1.54) is 32.1 Å². The molecule has 0 heterocycles. The minimum absolute atomic E-state index is 0. The lowest BCUT2D eigenvalue weighted by Gasteiger charge is -2.21. The number of nitrogens with one attached hydrogen (secondary N) is 1. The van der Waals surface area contributed by atoms with Crippen LogP contribution in [0.1, 0.15) is 73.1 Å². The number of rotatable bonds is 12. The van der Waals surface area contributed by atoms with Crippen LogP contribution >= 0.6 is 0 Å². The molecule has 0 radical (unpaired) electrons. The van der Waals surface area contributed by atoms with E-state index in [9.17, 15) is 9.59 Å². The molecule has 25 heavy (non-hydrogen) atoms. The zero-order chi connectivity index (χ0) is 18.8. The van der Waals surface area contributed by atoms with Crippen molar-refractivity contribution in [1.82, 2.24) is 5.32 Å². The maximum atomic E-state index is 11.6. The number of hydrogen-bond acceptors (Lipinski definition) is 5. The molecule has 0 aromatic rings. The van der Waals surface area contributed by atoms with E-state index in [0.717, 1.165) is 6.42 Å². The Morgan fingerprint density at radius 2 is 1.76 bits per heavy atom. The summed E-state index contributed by atoms with van der Waals surface area (Å²) < 4.78 is 11.1. The number of hydrogen-bond donors (Lipinski definition) is 2. The molecule has 1 aliphatic carbocycles. The average molecular weight is 362 g/mol. The summed E-state index contributed by atoms with van der Waals surface area (Å²) in [4.78, 5) is 22.7. The molecular weight excluding hydrogens is 322 g/mol. The van der Waals surface area contributed by atoms with E-state index in [1.807, 2.05) is 6.92 Å². The van der Waals surface area contributed by atoms with Gasteiger partial charge in [0.05, 0.1) is 19.3 Å². The van der Waals surface area contributed by atoms with E-state index < -0.39 is 0 Å². The maximum absolute atomic E-state index is 11.6. The monoisotopic (exact) mass is 361 g/mol. The predicted octanol–water partition coefficient (Wildman–Crippen LogP) is 2.86. The molecule has 6 heteroatoms. The first kappa shape index (κ1) is 24.0. The van der Waals surface area contributed by atoms with Crippen LogP contribution in [0.4, 0.5) is 0 Å². The molecule has 0 aromatic carbocycles. The molecule has 0 unspecified atom stereocenters. The largest absolute Gasteiger partial charge is 0.397 e. The number of aliphatic hydroxyl groups is 1. The van der Waals surface area contributed by atoms with E-state index in [0.29, 0.717) is 51.7 Å². The molecule has 6 nitrogen and oxygen atoms in total. The Morgan fingerprint density at radius 3 is 2.40 bits per heavy atom. The van der Waals surface area contributed by atoms with Gasteiger partial charge in [0.25, 0.3) is 0 Å². The number of ketones is 1. The second kappa shape index (κ2) is 17.8. The van der Waals surface area contributed by atoms with Crippen molar-refractivity contribution in [3.8, 4) is 0 Å². The first-order valence-electron chi connectivity index (χ1n) is 9.72. The topological polar surface area (TPSA) is 84.9 Å². The van der Waals surface area contributed by atoms with Crippen molar-refractivity contribution >= 4 is 11.7 Å². The van der Waals surface area contributed by atoms with E-state index in [-0.39, 0.29) is 19.7 Å². The molecule has 1 amide bonds. The van der Waals surface area contributed by atoms with E-state index in [4.69, 9.17) is 14.6 Å². The van der Waals surface area contributed by atoms with Gasteiger partial charge in [0, 0.05) is 40.4 Å². The summed E-state index contributed by atoms with van der Waals surface area (Å²) in [5, 5.41) is 10.4. The summed E-state index contributed by atoms with van der Waals surface area (Å²) in [6, 6.07) is 0. The summed E-state index contributed by atoms with van der Waals surface area (Å²) in [7, 11) is 0. The van der Waals surface area contributed by atoms with Crippen LogP contribution in [-0.2, 0) is 19.1 Å². The van der Waals surface area contributed by atoms with Gasteiger partial charge in [-0.25, -0.2) is 0 Å². The number of aliphatic hydroxyl groups excluding tert-OH is 1. The molecular formula is C19H39NO5. The average Bonchev–Trinajstić information content (AvgIpc) is 2.63. The molecule has 0 bridgehead atoms. The van der Waals surface area contributed by atoms with Gasteiger partial charge < -0.3 is 19.9 Å². The van der Waals surface area contributed by atoms with Gasteiger partial charge >= 0.3 is 0 Å². The Labute approximate surface area is 154 Å². The van der Waals surface area contributed by atoms with Gasteiger partial charge in [0.2, 0.25) is 5.91 Å². The van der Waals surface area contributed by atoms with Crippen LogP contribution in [0.5, 0.6) is 0 Å². The van der Waals surface area contributed by atoms with Crippen LogP contribution in [-0.4, -0.2) is 55.9 Å². The first-order valence-corrected chi connectivity index (χ1v) is 9.72. The Balaban J connectivity index is 0. The van der Waals surface area contributed by atoms with E-state index >= 15 is 0 Å². The smallest absolute Gasteiger partial charge is 0.220 e. The molecule has 1 rings (SSSR count). The number of carbonyl (C=O) groups excluding carboxylic acids is 2. The van der Waals surface area contributed by atoms with Gasteiger partial charge in [-0.15, -0.1) is 0 Å². The third-order valence-electron chi connectivity index (χ3n) is 3.94. The van der Waals surface area contributed by atoms with Gasteiger partial charge in [-0.3, -0.25) is 9.59 Å². The minimum Gasteiger partial charge on any atom is -0.397 e. The molecule has 0 aromatic heterocycles. The fraction of sp³-hybridized carbons (Fsp3) is 0.895. The summed E-state index contributed by atoms with van der Waals surface area (Å²) in [6.07, 6.45) is 8.92. The SMILES string of the molecule is CCC(=O)CCOCCNC(=O)CCCOC1CCCCC1.CCO.[HH]. The van der Waals surface area contributed by atoms with Crippen LogP contribution in [0.2, 0.25) is 0 Å². The third-order valence-corrected chi connectivity index (χ3v) is 3.94. The molecule has 1 fully saturated rings. The second-order valence-corrected chi connectivity index (χ2v) is 6.16. The van der Waals surface area contributed by atoms with Gasteiger partial charge in [-0.1, -0.05) is 26.2 Å². The van der Waals surface area contributed by atoms with Crippen molar-refractivity contribution in [2.45, 2.75) is 77.7 Å². The van der Waals surface area contributed by atoms with Gasteiger partial charge in [0.15, 0.2) is 0 Å². The van der Waals surface area contributed by atoms with E-state index in [1.54, 1.807) is 6.92 Å². The highest BCUT2D eigenvalue weighted by Crippen LogP contribution is 2.20. The van der Waals surface area contributed by atoms with Crippen LogP contribution in [0, 0.1) is 0 Å². The number of amides is 1. The summed E-state index contributed by atoms with van der Waals surface area (Å²) in [5.74, 6) is 0.252. The van der Waals surface area contributed by atoms with Crippen molar-refractivity contribution in [2.75, 3.05) is 33.0 Å². The highest BCUT2D eigenvalue weighted by molar-refractivity contribution is 5.78. The molecule has 0 aliphatic heterocycles. The summed E-state index contributed by atoms with van der Waals surface area (Å²) in [6.45, 7) is 5.86. The summed E-state index contributed by atoms with van der Waals surface area (Å²) in [5.41, 5.74) is 0. The molecule has 150 valence electrons. The van der Waals surface area contributed by atoms with Crippen molar-refractivity contribution in [3.05, 3.63) is 0 Å². The predicted molar refractivity (Wildman–Crippen MR) is 101 cm³/mol. The summed E-state index contributed by atoms with van der Waals surface area (Å²) >= 11 is 0. The molecule has 0 spiro atoms. The maximum Gasteiger partial charge on any atom is 0.220 e. The van der Waals surface area contributed by atoms with Crippen LogP contribution in [0.3, 0.4) is 0 Å². The Morgan fingerprint density at radius 1 is 1.08 bits per heavy atom. The van der Waals surface area contributed by atoms with Crippen LogP contribution < -0.4 is 5.32 Å². The fourth-order valence-corrected chi connectivity index (χ4v) is 2.53. The lowest BCUT2D eigenvalue weighted by atomic mass is 9.98. The van der Waals surface area contributed by atoms with Gasteiger partial charge in [-0.05, 0) is 26.2 Å². The minimum atomic E-state index is 0. The van der Waals surface area contributed by atoms with Crippen molar-refractivity contribution in [3.63, 3.8) is 0 Å². The molecule has 0 saturated heterocycles. The lowest BCUT2D eigenvalue weighted by molar-refractivity contribution is -0.122. The zero-order valence-electron chi connectivity index (χ0n) is 16.1. The van der Waals surface area contributed by atoms with Gasteiger partial charge in [-0.2, -0.15) is 0 Å². The highest BCUT2D eigenvalue weighted by Gasteiger charge is 2.13. The van der Waals surface area contributed by atoms with Crippen molar-refractivity contribution in [2.24, 2.45) is 0 Å². The van der Waals surface area contributed by atoms with Crippen LogP contribution in [0.25, 0.3) is 0 Å². The lowest BCUT2D eigenvalue weighted by Crippen LogP contribution is -2.27. The standard InChI is InChI=1S/C17H31NO4.C2H6O.H2/c1-2-15(19)10-13-21-14-11-18-17(20)9-6-12-22-16-7-4-3-5-8-16;1-2-3;/h16H,2-14H2,1H3,(H,18,20);3H,2H2,1H3;1H. The Hall–Kier alpha value is -0.980. The number of carbonyl (C=O) groups is 2. The van der Waals surface area contributed by atoms with Crippen molar-refractivity contribution < 1.29 is 25.6 Å². The molecule has 1 saturated carbocycles. The number of ether oxygens (including phenoxy) is 2. The molecule has 2 N–H and O–H groups in total. The normalized spacial score (nSPS) is 14.5. The molecule has 1 aliphatic rings. The quantitative estimate of drug-likeness (QED) is 0.522. The molecule has 0 atom stereocenters. The van der Waals surface area contributed by atoms with Crippen molar-refractivity contribution in [1.29, 1.82) is 0 Å².